The fourth-order valence-electron chi connectivity index (χ4n) is 1.92. The number of nitrogens with one attached hydrogen (secondary N) is 1. The number of hydrogen-bond acceptors (Lipinski definition) is 5. The Hall–Kier alpha value is -2.80. The van der Waals surface area contributed by atoms with Gasteiger partial charge >= 0.3 is 5.97 Å². The second-order valence-electron chi connectivity index (χ2n) is 5.41. The van der Waals surface area contributed by atoms with Crippen molar-refractivity contribution in [2.24, 2.45) is 5.92 Å². The smallest absolute Gasteiger partial charge is 0.356 e. The van der Waals surface area contributed by atoms with Gasteiger partial charge in [0.15, 0.2) is 5.69 Å². The van der Waals surface area contributed by atoms with E-state index in [4.69, 9.17) is 9.84 Å². The summed E-state index contributed by atoms with van der Waals surface area (Å²) in [6.07, 6.45) is 2.21. The number of aromatic carboxylic acids is 1. The molecule has 0 spiro atoms. The third-order valence-electron chi connectivity index (χ3n) is 3.23. The van der Waals surface area contributed by atoms with Crippen molar-refractivity contribution in [3.05, 3.63) is 59.7 Å². The highest BCUT2D eigenvalue weighted by Crippen LogP contribution is 2.03. The molecule has 0 aliphatic carbocycles. The van der Waals surface area contributed by atoms with Crippen LogP contribution < -0.4 is 5.32 Å². The predicted molar refractivity (Wildman–Crippen MR) is 86.6 cm³/mol. The average Bonchev–Trinajstić information content (AvgIpc) is 2.60. The third-order valence-corrected chi connectivity index (χ3v) is 3.23. The van der Waals surface area contributed by atoms with Crippen molar-refractivity contribution in [2.75, 3.05) is 13.2 Å². The zero-order valence-electron chi connectivity index (χ0n) is 13.3. The van der Waals surface area contributed by atoms with Gasteiger partial charge in [-0.1, -0.05) is 37.3 Å². The Morgan fingerprint density at radius 2 is 1.83 bits per heavy atom. The van der Waals surface area contributed by atoms with Crippen LogP contribution in [0.4, 0.5) is 0 Å². The average molecular weight is 329 g/mol. The summed E-state index contributed by atoms with van der Waals surface area (Å²) < 4.78 is 5.62. The summed E-state index contributed by atoms with van der Waals surface area (Å²) in [5, 5.41) is 11.5. The molecule has 1 heterocycles. The van der Waals surface area contributed by atoms with E-state index in [1.165, 1.54) is 0 Å². The zero-order chi connectivity index (χ0) is 17.4. The number of carbonyl (C=O) groups is 2. The topological polar surface area (TPSA) is 101 Å². The van der Waals surface area contributed by atoms with Crippen LogP contribution in [0.1, 0.15) is 33.5 Å². The lowest BCUT2D eigenvalue weighted by Crippen LogP contribution is -2.30. The first-order chi connectivity index (χ1) is 11.6. The number of aromatic nitrogens is 2. The molecule has 1 unspecified atom stereocenters. The fourth-order valence-corrected chi connectivity index (χ4v) is 1.92. The largest absolute Gasteiger partial charge is 0.476 e. The number of carbonyl (C=O) groups excluding carboxylic acids is 1. The quantitative estimate of drug-likeness (QED) is 0.765. The maximum absolute atomic E-state index is 11.9. The Morgan fingerprint density at radius 1 is 1.17 bits per heavy atom. The van der Waals surface area contributed by atoms with Crippen LogP contribution in [0.25, 0.3) is 0 Å². The number of nitrogens with zero attached hydrogens (tertiary/aromatic N) is 2. The minimum Gasteiger partial charge on any atom is -0.476 e. The fraction of sp³-hybridized carbons (Fsp3) is 0.294. The van der Waals surface area contributed by atoms with Gasteiger partial charge in [-0.2, -0.15) is 0 Å². The molecular formula is C17H19N3O4. The van der Waals surface area contributed by atoms with Crippen LogP contribution in [0.3, 0.4) is 0 Å². The SMILES string of the molecule is CC(CNC(=O)c1cnc(C(=O)O)cn1)COCc1ccccc1. The van der Waals surface area contributed by atoms with Gasteiger partial charge in [-0.05, 0) is 11.5 Å². The highest BCUT2D eigenvalue weighted by atomic mass is 16.5. The first kappa shape index (κ1) is 17.6. The van der Waals surface area contributed by atoms with Gasteiger partial charge in [0, 0.05) is 6.54 Å². The minimum atomic E-state index is -1.18. The second kappa shape index (κ2) is 8.73. The van der Waals surface area contributed by atoms with E-state index in [1.807, 2.05) is 37.3 Å². The molecule has 1 atom stereocenters. The second-order valence-corrected chi connectivity index (χ2v) is 5.41. The highest BCUT2D eigenvalue weighted by Gasteiger charge is 2.12. The summed E-state index contributed by atoms with van der Waals surface area (Å²) in [6.45, 7) is 3.43. The number of ether oxygens (including phenoxy) is 1. The Balaban J connectivity index is 1.71. The van der Waals surface area contributed by atoms with Crippen molar-refractivity contribution in [2.45, 2.75) is 13.5 Å². The Labute approximate surface area is 139 Å². The van der Waals surface area contributed by atoms with E-state index < -0.39 is 11.9 Å². The van der Waals surface area contributed by atoms with Crippen molar-refractivity contribution in [1.29, 1.82) is 0 Å². The first-order valence-electron chi connectivity index (χ1n) is 7.51. The van der Waals surface area contributed by atoms with Crippen molar-refractivity contribution < 1.29 is 19.4 Å². The van der Waals surface area contributed by atoms with E-state index in [2.05, 4.69) is 15.3 Å². The molecule has 0 saturated carbocycles. The van der Waals surface area contributed by atoms with Crippen molar-refractivity contribution in [3.8, 4) is 0 Å². The van der Waals surface area contributed by atoms with Crippen molar-refractivity contribution >= 4 is 11.9 Å². The highest BCUT2D eigenvalue weighted by molar-refractivity contribution is 5.92. The Kier molecular flexibility index (Phi) is 6.39. The van der Waals surface area contributed by atoms with E-state index in [0.29, 0.717) is 19.8 Å². The van der Waals surface area contributed by atoms with Gasteiger partial charge in [-0.3, -0.25) is 4.79 Å². The van der Waals surface area contributed by atoms with Gasteiger partial charge in [-0.15, -0.1) is 0 Å². The van der Waals surface area contributed by atoms with Gasteiger partial charge < -0.3 is 15.2 Å². The van der Waals surface area contributed by atoms with Crippen LogP contribution in [0.5, 0.6) is 0 Å². The lowest BCUT2D eigenvalue weighted by atomic mass is 10.2. The molecule has 0 radical (unpaired) electrons. The van der Waals surface area contributed by atoms with E-state index in [1.54, 1.807) is 0 Å². The van der Waals surface area contributed by atoms with E-state index >= 15 is 0 Å². The number of rotatable bonds is 8. The van der Waals surface area contributed by atoms with E-state index in [0.717, 1.165) is 18.0 Å². The molecular weight excluding hydrogens is 310 g/mol. The third kappa shape index (κ3) is 5.44. The van der Waals surface area contributed by atoms with Crippen LogP contribution in [0.2, 0.25) is 0 Å². The Bertz CT molecular complexity index is 674. The van der Waals surface area contributed by atoms with Gasteiger partial charge in [-0.25, -0.2) is 14.8 Å². The molecule has 0 bridgehead atoms. The molecule has 0 aliphatic heterocycles. The summed E-state index contributed by atoms with van der Waals surface area (Å²) >= 11 is 0. The summed E-state index contributed by atoms with van der Waals surface area (Å²) in [6, 6.07) is 9.85. The number of carboxylic acid groups (broad SMARTS) is 1. The zero-order valence-corrected chi connectivity index (χ0v) is 13.3. The lowest BCUT2D eigenvalue weighted by Gasteiger charge is -2.13. The van der Waals surface area contributed by atoms with Gasteiger partial charge in [0.25, 0.3) is 5.91 Å². The summed E-state index contributed by atoms with van der Waals surface area (Å²) in [7, 11) is 0. The van der Waals surface area contributed by atoms with Crippen LogP contribution in [0.15, 0.2) is 42.7 Å². The molecule has 126 valence electrons. The molecule has 1 aromatic heterocycles. The first-order valence-corrected chi connectivity index (χ1v) is 7.51. The maximum Gasteiger partial charge on any atom is 0.356 e. The molecule has 0 saturated heterocycles. The van der Waals surface area contributed by atoms with Gasteiger partial charge in [0.05, 0.1) is 25.6 Å². The molecule has 2 aromatic rings. The van der Waals surface area contributed by atoms with E-state index in [9.17, 15) is 9.59 Å². The number of carboxylic acids is 1. The van der Waals surface area contributed by atoms with Crippen LogP contribution in [-0.2, 0) is 11.3 Å². The molecule has 2 N–H and O–H groups in total. The standard InChI is InChI=1S/C17H19N3O4/c1-12(10-24-11-13-5-3-2-4-6-13)7-20-16(21)14-8-19-15(9-18-14)17(22)23/h2-6,8-9,12H,7,10-11H2,1H3,(H,20,21)(H,22,23). The lowest BCUT2D eigenvalue weighted by molar-refractivity contribution is 0.0688. The summed E-state index contributed by atoms with van der Waals surface area (Å²) in [5.41, 5.74) is 0.981. The summed E-state index contributed by atoms with van der Waals surface area (Å²) in [5.74, 6) is -1.45. The molecule has 2 rings (SSSR count). The molecule has 0 aliphatic rings. The normalized spacial score (nSPS) is 11.7. The molecule has 1 amide bonds. The maximum atomic E-state index is 11.9. The molecule has 7 nitrogen and oxygen atoms in total. The van der Waals surface area contributed by atoms with Crippen LogP contribution in [-0.4, -0.2) is 40.1 Å². The van der Waals surface area contributed by atoms with Gasteiger partial charge in [0.2, 0.25) is 0 Å². The summed E-state index contributed by atoms with van der Waals surface area (Å²) in [4.78, 5) is 30.1. The molecule has 24 heavy (non-hydrogen) atoms. The number of amides is 1. The van der Waals surface area contributed by atoms with E-state index in [-0.39, 0.29) is 17.3 Å². The molecule has 0 fully saturated rings. The Morgan fingerprint density at radius 3 is 2.46 bits per heavy atom. The molecule has 7 heteroatoms. The van der Waals surface area contributed by atoms with Crippen LogP contribution >= 0.6 is 0 Å². The van der Waals surface area contributed by atoms with Crippen molar-refractivity contribution in [3.63, 3.8) is 0 Å². The number of benzene rings is 1. The monoisotopic (exact) mass is 329 g/mol. The predicted octanol–water partition coefficient (Wildman–Crippen LogP) is 1.76. The van der Waals surface area contributed by atoms with Crippen LogP contribution in [0, 0.1) is 5.92 Å². The molecule has 1 aromatic carbocycles. The minimum absolute atomic E-state index is 0.0809. The van der Waals surface area contributed by atoms with Crippen molar-refractivity contribution in [1.82, 2.24) is 15.3 Å². The number of hydrogen-bond donors (Lipinski definition) is 2. The van der Waals surface area contributed by atoms with Gasteiger partial charge in [0.1, 0.15) is 5.69 Å².